The van der Waals surface area contributed by atoms with Crippen molar-refractivity contribution in [3.05, 3.63) is 54.4 Å². The van der Waals surface area contributed by atoms with Crippen molar-refractivity contribution in [1.29, 1.82) is 0 Å². The summed E-state index contributed by atoms with van der Waals surface area (Å²) >= 11 is 0. The lowest BCUT2D eigenvalue weighted by molar-refractivity contribution is 0.475. The highest BCUT2D eigenvalue weighted by Gasteiger charge is 2.06. The fraction of sp³-hybridized carbons (Fsp3) is 0.0714. The lowest BCUT2D eigenvalue weighted by Gasteiger charge is -2.02. The molecule has 0 aliphatic carbocycles. The van der Waals surface area contributed by atoms with Crippen molar-refractivity contribution in [3.63, 3.8) is 0 Å². The molecular weight excluding hydrogens is 212 g/mol. The van der Waals surface area contributed by atoms with Crippen LogP contribution < -0.4 is 0 Å². The van der Waals surface area contributed by atoms with Gasteiger partial charge in [0, 0.05) is 17.8 Å². The van der Waals surface area contributed by atoms with Gasteiger partial charge in [-0.2, -0.15) is 0 Å². The quantitative estimate of drug-likeness (QED) is 0.690. The molecule has 0 aliphatic rings. The van der Waals surface area contributed by atoms with Gasteiger partial charge in [0.15, 0.2) is 0 Å². The van der Waals surface area contributed by atoms with E-state index >= 15 is 0 Å². The topological polar surface area (TPSA) is 37.5 Å². The Morgan fingerprint density at radius 2 is 2.06 bits per heavy atom. The first-order valence-corrected chi connectivity index (χ1v) is 5.47. The fourth-order valence-electron chi connectivity index (χ4n) is 1.99. The van der Waals surface area contributed by atoms with Crippen molar-refractivity contribution in [3.8, 4) is 17.1 Å². The number of aryl methyl sites for hydroxylation is 1. The number of rotatable bonds is 1. The van der Waals surface area contributed by atoms with E-state index in [0.717, 1.165) is 16.9 Å². The van der Waals surface area contributed by atoms with Gasteiger partial charge in [0.1, 0.15) is 11.6 Å². The highest BCUT2D eigenvalue weighted by atomic mass is 16.3. The molecule has 0 saturated heterocycles. The van der Waals surface area contributed by atoms with Gasteiger partial charge in [-0.15, -0.1) is 0 Å². The second kappa shape index (κ2) is 3.63. The van der Waals surface area contributed by atoms with Crippen LogP contribution in [0, 0.1) is 6.92 Å². The van der Waals surface area contributed by atoms with Crippen molar-refractivity contribution in [1.82, 2.24) is 9.38 Å². The summed E-state index contributed by atoms with van der Waals surface area (Å²) in [5.41, 5.74) is 3.18. The van der Waals surface area contributed by atoms with E-state index < -0.39 is 0 Å². The molecule has 0 aliphatic heterocycles. The van der Waals surface area contributed by atoms with Crippen LogP contribution in [0.3, 0.4) is 0 Å². The Labute approximate surface area is 99.0 Å². The number of benzene rings is 1. The summed E-state index contributed by atoms with van der Waals surface area (Å²) in [6, 6.07) is 11.6. The standard InChI is InChI=1S/C14H12N2O/c1-10-3-2-4-11(7-10)14-15-9-12-8-13(17)5-6-16(12)14/h2-9,17H,1H3. The number of aromatic hydroxyl groups is 1. The molecule has 3 rings (SSSR count). The van der Waals surface area contributed by atoms with E-state index in [1.165, 1.54) is 5.56 Å². The number of imidazole rings is 1. The van der Waals surface area contributed by atoms with Crippen LogP contribution in [0.2, 0.25) is 0 Å². The highest BCUT2D eigenvalue weighted by Crippen LogP contribution is 2.22. The molecular formula is C14H12N2O. The summed E-state index contributed by atoms with van der Waals surface area (Å²) < 4.78 is 1.97. The SMILES string of the molecule is Cc1cccc(-c2ncc3cc(O)ccn23)c1. The van der Waals surface area contributed by atoms with E-state index in [1.807, 2.05) is 22.7 Å². The minimum absolute atomic E-state index is 0.258. The van der Waals surface area contributed by atoms with Gasteiger partial charge in [-0.25, -0.2) is 4.98 Å². The predicted octanol–water partition coefficient (Wildman–Crippen LogP) is 3.02. The van der Waals surface area contributed by atoms with Crippen molar-refractivity contribution in [2.75, 3.05) is 0 Å². The summed E-state index contributed by atoms with van der Waals surface area (Å²) in [5, 5.41) is 9.41. The Morgan fingerprint density at radius 1 is 1.18 bits per heavy atom. The van der Waals surface area contributed by atoms with E-state index in [-0.39, 0.29) is 5.75 Å². The van der Waals surface area contributed by atoms with Crippen LogP contribution in [0.4, 0.5) is 0 Å². The lowest BCUT2D eigenvalue weighted by atomic mass is 10.1. The number of hydrogen-bond donors (Lipinski definition) is 1. The van der Waals surface area contributed by atoms with Crippen LogP contribution in [0.1, 0.15) is 5.56 Å². The summed E-state index contributed by atoms with van der Waals surface area (Å²) in [6.07, 6.45) is 3.59. The zero-order valence-electron chi connectivity index (χ0n) is 9.46. The van der Waals surface area contributed by atoms with Crippen LogP contribution in [-0.2, 0) is 0 Å². The summed E-state index contributed by atoms with van der Waals surface area (Å²) in [5.74, 6) is 1.15. The van der Waals surface area contributed by atoms with Gasteiger partial charge in [0.25, 0.3) is 0 Å². The van der Waals surface area contributed by atoms with Gasteiger partial charge < -0.3 is 5.11 Å². The van der Waals surface area contributed by atoms with E-state index in [9.17, 15) is 5.11 Å². The zero-order chi connectivity index (χ0) is 11.8. The average molecular weight is 224 g/mol. The summed E-state index contributed by atoms with van der Waals surface area (Å²) in [4.78, 5) is 4.40. The number of nitrogens with zero attached hydrogens (tertiary/aromatic N) is 2. The molecule has 0 amide bonds. The molecule has 1 N–H and O–H groups in total. The molecule has 1 aromatic carbocycles. The number of aromatic nitrogens is 2. The Bertz CT molecular complexity index is 686. The van der Waals surface area contributed by atoms with Crippen LogP contribution >= 0.6 is 0 Å². The second-order valence-corrected chi connectivity index (χ2v) is 4.13. The van der Waals surface area contributed by atoms with Gasteiger partial charge in [0.05, 0.1) is 11.7 Å². The number of pyridine rings is 1. The molecule has 0 saturated carbocycles. The first-order chi connectivity index (χ1) is 8.24. The van der Waals surface area contributed by atoms with E-state index in [1.54, 1.807) is 18.3 Å². The van der Waals surface area contributed by atoms with Crippen molar-refractivity contribution >= 4 is 5.52 Å². The van der Waals surface area contributed by atoms with Crippen molar-refractivity contribution < 1.29 is 5.11 Å². The summed E-state index contributed by atoms with van der Waals surface area (Å²) in [7, 11) is 0. The van der Waals surface area contributed by atoms with Gasteiger partial charge in [-0.3, -0.25) is 4.40 Å². The third kappa shape index (κ3) is 1.65. The molecule has 3 heteroatoms. The van der Waals surface area contributed by atoms with Gasteiger partial charge in [-0.1, -0.05) is 23.8 Å². The van der Waals surface area contributed by atoms with Crippen LogP contribution in [0.5, 0.6) is 5.75 Å². The molecule has 0 fully saturated rings. The molecule has 17 heavy (non-hydrogen) atoms. The largest absolute Gasteiger partial charge is 0.508 e. The first-order valence-electron chi connectivity index (χ1n) is 5.47. The van der Waals surface area contributed by atoms with Crippen LogP contribution in [0.15, 0.2) is 48.8 Å². The van der Waals surface area contributed by atoms with Crippen molar-refractivity contribution in [2.45, 2.75) is 6.92 Å². The Hall–Kier alpha value is -2.29. The molecule has 0 unspecified atom stereocenters. The van der Waals surface area contributed by atoms with Gasteiger partial charge in [-0.05, 0) is 19.1 Å². The number of hydrogen-bond acceptors (Lipinski definition) is 2. The fourth-order valence-corrected chi connectivity index (χ4v) is 1.99. The minimum atomic E-state index is 0.258. The molecule has 2 heterocycles. The first kappa shape index (κ1) is 9.90. The maximum absolute atomic E-state index is 9.41. The molecule has 3 nitrogen and oxygen atoms in total. The summed E-state index contributed by atoms with van der Waals surface area (Å²) in [6.45, 7) is 2.06. The van der Waals surface area contributed by atoms with Gasteiger partial charge >= 0.3 is 0 Å². The van der Waals surface area contributed by atoms with Crippen molar-refractivity contribution in [2.24, 2.45) is 0 Å². The molecule has 2 aromatic heterocycles. The second-order valence-electron chi connectivity index (χ2n) is 4.13. The minimum Gasteiger partial charge on any atom is -0.508 e. The highest BCUT2D eigenvalue weighted by molar-refractivity contribution is 5.63. The van der Waals surface area contributed by atoms with Crippen LogP contribution in [0.25, 0.3) is 16.9 Å². The molecule has 3 aromatic rings. The zero-order valence-corrected chi connectivity index (χ0v) is 9.46. The number of fused-ring (bicyclic) bond motifs is 1. The van der Waals surface area contributed by atoms with Gasteiger partial charge in [0.2, 0.25) is 0 Å². The smallest absolute Gasteiger partial charge is 0.144 e. The Balaban J connectivity index is 2.24. The molecule has 0 atom stereocenters. The maximum Gasteiger partial charge on any atom is 0.144 e. The third-order valence-electron chi connectivity index (χ3n) is 2.79. The third-order valence-corrected chi connectivity index (χ3v) is 2.79. The lowest BCUT2D eigenvalue weighted by Crippen LogP contribution is -1.89. The molecule has 84 valence electrons. The normalized spacial score (nSPS) is 10.9. The Kier molecular flexibility index (Phi) is 2.11. The van der Waals surface area contributed by atoms with E-state index in [2.05, 4.69) is 24.0 Å². The molecule has 0 radical (unpaired) electrons. The van der Waals surface area contributed by atoms with Crippen LogP contribution in [-0.4, -0.2) is 14.5 Å². The monoisotopic (exact) mass is 224 g/mol. The van der Waals surface area contributed by atoms with E-state index in [0.29, 0.717) is 0 Å². The molecule has 0 spiro atoms. The predicted molar refractivity (Wildman–Crippen MR) is 67.0 cm³/mol. The Morgan fingerprint density at radius 3 is 2.88 bits per heavy atom. The molecule has 0 bridgehead atoms. The maximum atomic E-state index is 9.41. The average Bonchev–Trinajstić information content (AvgIpc) is 2.71. The van der Waals surface area contributed by atoms with E-state index in [4.69, 9.17) is 0 Å².